The van der Waals surface area contributed by atoms with Crippen molar-refractivity contribution >= 4 is 17.8 Å². The standard InChI is InChI=1S/C22H20FN3O5/c1-30-15-5-4-14-11-26(19(27)16(14)10-15)12-22(20(28)24-21(29)25-22)8-7-13-3-6-17(23)18(9-13)31-2/h3-6,10,13H,9,11-12H2,1-2H3,(H2,24,25,28,29)/t13?,22-/m1/s1. The van der Waals surface area contributed by atoms with Gasteiger partial charge in [-0.3, -0.25) is 14.9 Å². The molecule has 0 aromatic heterocycles. The lowest BCUT2D eigenvalue weighted by Crippen LogP contribution is -2.54. The van der Waals surface area contributed by atoms with Gasteiger partial charge < -0.3 is 19.7 Å². The molecule has 1 fully saturated rings. The highest BCUT2D eigenvalue weighted by atomic mass is 19.1. The number of halogens is 1. The van der Waals surface area contributed by atoms with Crippen LogP contribution in [-0.2, 0) is 16.1 Å². The van der Waals surface area contributed by atoms with Crippen LogP contribution in [0.5, 0.6) is 5.75 Å². The van der Waals surface area contributed by atoms with Crippen molar-refractivity contribution in [2.75, 3.05) is 20.8 Å². The SMILES string of the molecule is COC1=C(F)C=CC(C#C[C@]2(CN3Cc4ccc(OC)cc4C3=O)NC(=O)NC2=O)C1. The molecule has 4 rings (SSSR count). The Hall–Kier alpha value is -3.80. The van der Waals surface area contributed by atoms with Crippen LogP contribution in [0.3, 0.4) is 0 Å². The van der Waals surface area contributed by atoms with E-state index in [9.17, 15) is 18.8 Å². The second-order valence-electron chi connectivity index (χ2n) is 7.41. The molecule has 1 aromatic carbocycles. The molecule has 31 heavy (non-hydrogen) atoms. The van der Waals surface area contributed by atoms with E-state index in [0.29, 0.717) is 11.3 Å². The van der Waals surface area contributed by atoms with Gasteiger partial charge in [0.1, 0.15) is 11.5 Å². The maximum atomic E-state index is 13.7. The number of amides is 4. The summed E-state index contributed by atoms with van der Waals surface area (Å²) in [4.78, 5) is 38.9. The number of hydrogen-bond donors (Lipinski definition) is 2. The van der Waals surface area contributed by atoms with Gasteiger partial charge in [-0.25, -0.2) is 9.18 Å². The Labute approximate surface area is 178 Å². The number of hydrogen-bond acceptors (Lipinski definition) is 5. The third kappa shape index (κ3) is 3.72. The van der Waals surface area contributed by atoms with E-state index < -0.39 is 29.2 Å². The number of methoxy groups -OCH3 is 2. The lowest BCUT2D eigenvalue weighted by atomic mass is 9.95. The van der Waals surface area contributed by atoms with Gasteiger partial charge in [-0.2, -0.15) is 0 Å². The van der Waals surface area contributed by atoms with Crippen LogP contribution in [0.4, 0.5) is 9.18 Å². The Bertz CT molecular complexity index is 1100. The normalized spacial score (nSPS) is 24.4. The molecule has 0 radical (unpaired) electrons. The van der Waals surface area contributed by atoms with Crippen molar-refractivity contribution in [1.82, 2.24) is 15.5 Å². The Morgan fingerprint density at radius 3 is 2.74 bits per heavy atom. The second-order valence-corrected chi connectivity index (χ2v) is 7.41. The quantitative estimate of drug-likeness (QED) is 0.565. The molecule has 1 unspecified atom stereocenters. The number of allylic oxidation sites excluding steroid dienone is 4. The summed E-state index contributed by atoms with van der Waals surface area (Å²) in [5, 5.41) is 4.74. The fourth-order valence-electron chi connectivity index (χ4n) is 3.77. The number of imide groups is 1. The van der Waals surface area contributed by atoms with E-state index in [0.717, 1.165) is 5.56 Å². The van der Waals surface area contributed by atoms with Crippen molar-refractivity contribution in [3.63, 3.8) is 0 Å². The number of carbonyl (C=O) groups is 3. The summed E-state index contributed by atoms with van der Waals surface area (Å²) in [6, 6.07) is 4.50. The number of nitrogens with zero attached hydrogens (tertiary/aromatic N) is 1. The fraction of sp³-hybridized carbons (Fsp3) is 0.318. The highest BCUT2D eigenvalue weighted by Gasteiger charge is 2.48. The first kappa shape index (κ1) is 20.5. The maximum Gasteiger partial charge on any atom is 0.323 e. The zero-order valence-electron chi connectivity index (χ0n) is 17.0. The Morgan fingerprint density at radius 1 is 1.26 bits per heavy atom. The first-order valence-electron chi connectivity index (χ1n) is 9.58. The number of carbonyl (C=O) groups excluding carboxylic acids is 3. The predicted molar refractivity (Wildman–Crippen MR) is 107 cm³/mol. The van der Waals surface area contributed by atoms with Gasteiger partial charge in [0.2, 0.25) is 0 Å². The minimum absolute atomic E-state index is 0.134. The Morgan fingerprint density at radius 2 is 2.06 bits per heavy atom. The molecule has 8 nitrogen and oxygen atoms in total. The van der Waals surface area contributed by atoms with Gasteiger partial charge in [0.15, 0.2) is 11.4 Å². The van der Waals surface area contributed by atoms with Gasteiger partial charge in [0.25, 0.3) is 11.8 Å². The van der Waals surface area contributed by atoms with Crippen LogP contribution < -0.4 is 15.4 Å². The van der Waals surface area contributed by atoms with E-state index in [4.69, 9.17) is 9.47 Å². The van der Waals surface area contributed by atoms with Crippen molar-refractivity contribution < 1.29 is 28.2 Å². The van der Waals surface area contributed by atoms with E-state index in [1.165, 1.54) is 25.2 Å². The summed E-state index contributed by atoms with van der Waals surface area (Å²) < 4.78 is 23.9. The van der Waals surface area contributed by atoms with E-state index in [2.05, 4.69) is 22.5 Å². The summed E-state index contributed by atoms with van der Waals surface area (Å²) in [5.74, 6) is 4.66. The average molecular weight is 425 g/mol. The molecule has 1 aromatic rings. The fourth-order valence-corrected chi connectivity index (χ4v) is 3.77. The van der Waals surface area contributed by atoms with Gasteiger partial charge in [-0.05, 0) is 23.8 Å². The van der Waals surface area contributed by atoms with Crippen molar-refractivity contribution in [2.24, 2.45) is 5.92 Å². The molecule has 2 heterocycles. The van der Waals surface area contributed by atoms with Gasteiger partial charge >= 0.3 is 6.03 Å². The summed E-state index contributed by atoms with van der Waals surface area (Å²) >= 11 is 0. The van der Waals surface area contributed by atoms with Gasteiger partial charge in [0, 0.05) is 24.4 Å². The molecule has 0 spiro atoms. The summed E-state index contributed by atoms with van der Waals surface area (Å²) in [7, 11) is 2.88. The lowest BCUT2D eigenvalue weighted by molar-refractivity contribution is -0.122. The Kier molecular flexibility index (Phi) is 5.15. The predicted octanol–water partition coefficient (Wildman–Crippen LogP) is 1.64. The molecule has 0 saturated carbocycles. The number of urea groups is 1. The van der Waals surface area contributed by atoms with E-state index >= 15 is 0 Å². The van der Waals surface area contributed by atoms with Crippen molar-refractivity contribution in [2.45, 2.75) is 18.5 Å². The number of ether oxygens (including phenoxy) is 2. The molecule has 9 heteroatoms. The molecular formula is C22H20FN3O5. The van der Waals surface area contributed by atoms with Crippen LogP contribution in [0, 0.1) is 17.8 Å². The van der Waals surface area contributed by atoms with Gasteiger partial charge in [0.05, 0.1) is 20.8 Å². The molecule has 4 amide bonds. The molecule has 160 valence electrons. The zero-order chi connectivity index (χ0) is 22.2. The molecule has 1 saturated heterocycles. The van der Waals surface area contributed by atoms with Crippen molar-refractivity contribution in [3.8, 4) is 17.6 Å². The number of rotatable bonds is 4. The van der Waals surface area contributed by atoms with Crippen molar-refractivity contribution in [1.29, 1.82) is 0 Å². The molecular weight excluding hydrogens is 405 g/mol. The van der Waals surface area contributed by atoms with Crippen LogP contribution in [-0.4, -0.2) is 49.0 Å². The molecule has 2 atom stereocenters. The summed E-state index contributed by atoms with van der Waals surface area (Å²) in [5.41, 5.74) is -0.341. The molecule has 2 aliphatic heterocycles. The zero-order valence-corrected chi connectivity index (χ0v) is 17.0. The van der Waals surface area contributed by atoms with Gasteiger partial charge in [-0.15, -0.1) is 0 Å². The van der Waals surface area contributed by atoms with E-state index in [1.807, 2.05) is 0 Å². The number of fused-ring (bicyclic) bond motifs is 1. The van der Waals surface area contributed by atoms with Crippen LogP contribution >= 0.6 is 0 Å². The molecule has 2 N–H and O–H groups in total. The number of benzene rings is 1. The Balaban J connectivity index is 1.59. The third-order valence-electron chi connectivity index (χ3n) is 5.43. The maximum absolute atomic E-state index is 13.7. The first-order chi connectivity index (χ1) is 14.8. The van der Waals surface area contributed by atoms with Crippen LogP contribution in [0.1, 0.15) is 22.3 Å². The molecule has 1 aliphatic carbocycles. The van der Waals surface area contributed by atoms with Crippen LogP contribution in [0.15, 0.2) is 41.9 Å². The number of nitrogens with one attached hydrogen (secondary N) is 2. The first-order valence-corrected chi connectivity index (χ1v) is 9.58. The van der Waals surface area contributed by atoms with E-state index in [1.54, 1.807) is 24.3 Å². The summed E-state index contributed by atoms with van der Waals surface area (Å²) in [6.07, 6.45) is 3.03. The summed E-state index contributed by atoms with van der Waals surface area (Å²) in [6.45, 7) is 0.140. The average Bonchev–Trinajstić information content (AvgIpc) is 3.22. The van der Waals surface area contributed by atoms with E-state index in [-0.39, 0.29) is 31.2 Å². The van der Waals surface area contributed by atoms with Gasteiger partial charge in [-0.1, -0.05) is 24.0 Å². The third-order valence-corrected chi connectivity index (χ3v) is 5.43. The minimum atomic E-state index is -1.61. The second kappa shape index (κ2) is 7.80. The smallest absolute Gasteiger partial charge is 0.323 e. The van der Waals surface area contributed by atoms with Crippen LogP contribution in [0.2, 0.25) is 0 Å². The lowest BCUT2D eigenvalue weighted by Gasteiger charge is -2.26. The topological polar surface area (TPSA) is 97.0 Å². The van der Waals surface area contributed by atoms with Crippen molar-refractivity contribution in [3.05, 3.63) is 53.1 Å². The largest absolute Gasteiger partial charge is 0.498 e. The highest BCUT2D eigenvalue weighted by Crippen LogP contribution is 2.29. The van der Waals surface area contributed by atoms with Crippen LogP contribution in [0.25, 0.3) is 0 Å². The highest BCUT2D eigenvalue weighted by molar-refractivity contribution is 6.10. The minimum Gasteiger partial charge on any atom is -0.498 e. The molecule has 3 aliphatic rings. The molecule has 0 bridgehead atoms. The monoisotopic (exact) mass is 425 g/mol.